The Morgan fingerprint density at radius 2 is 1.83 bits per heavy atom. The zero-order valence-electron chi connectivity index (χ0n) is 15.9. The number of carbonyl (C=O) groups is 1. The van der Waals surface area contributed by atoms with Crippen LogP contribution >= 0.6 is 15.9 Å². The van der Waals surface area contributed by atoms with E-state index in [1.165, 1.54) is 0 Å². The van der Waals surface area contributed by atoms with Gasteiger partial charge in [-0.15, -0.1) is 0 Å². The van der Waals surface area contributed by atoms with Gasteiger partial charge in [0.1, 0.15) is 5.75 Å². The lowest BCUT2D eigenvalue weighted by Gasteiger charge is -2.08. The summed E-state index contributed by atoms with van der Waals surface area (Å²) in [5, 5.41) is 12.3. The number of allylic oxidation sites excluding steroid dienone is 1. The average Bonchev–Trinajstić information content (AvgIpc) is 2.72. The Morgan fingerprint density at radius 3 is 2.48 bits per heavy atom. The third-order valence-electron chi connectivity index (χ3n) is 4.14. The van der Waals surface area contributed by atoms with Gasteiger partial charge in [-0.3, -0.25) is 4.79 Å². The number of carbonyl (C=O) groups excluding carboxylic acids is 1. The highest BCUT2D eigenvalue weighted by molar-refractivity contribution is 9.10. The molecule has 0 aliphatic rings. The number of nitrogens with one attached hydrogen (secondary N) is 1. The minimum atomic E-state index is -0.221. The van der Waals surface area contributed by atoms with Crippen molar-refractivity contribution in [3.8, 4) is 11.8 Å². The van der Waals surface area contributed by atoms with Gasteiger partial charge in [-0.25, -0.2) is 0 Å². The summed E-state index contributed by atoms with van der Waals surface area (Å²) in [6, 6.07) is 24.7. The van der Waals surface area contributed by atoms with Crippen molar-refractivity contribution in [2.45, 2.75) is 6.92 Å². The van der Waals surface area contributed by atoms with Gasteiger partial charge in [-0.2, -0.15) is 5.26 Å². The second kappa shape index (κ2) is 9.72. The van der Waals surface area contributed by atoms with E-state index >= 15 is 0 Å². The van der Waals surface area contributed by atoms with E-state index in [-0.39, 0.29) is 12.5 Å². The van der Waals surface area contributed by atoms with Gasteiger partial charge in [0.2, 0.25) is 0 Å². The highest BCUT2D eigenvalue weighted by Crippen LogP contribution is 2.21. The molecule has 0 aromatic heterocycles. The molecule has 0 radical (unpaired) electrons. The Bertz CT molecular complexity index is 1070. The Morgan fingerprint density at radius 1 is 1.10 bits per heavy atom. The maximum Gasteiger partial charge on any atom is 0.262 e. The smallest absolute Gasteiger partial charge is 0.262 e. The molecule has 0 saturated carbocycles. The fraction of sp³-hybridized carbons (Fsp3) is 0.0833. The molecule has 4 nitrogen and oxygen atoms in total. The first-order valence-electron chi connectivity index (χ1n) is 9.00. The molecule has 144 valence electrons. The lowest BCUT2D eigenvalue weighted by molar-refractivity contribution is -0.118. The van der Waals surface area contributed by atoms with Crippen molar-refractivity contribution in [2.24, 2.45) is 0 Å². The van der Waals surface area contributed by atoms with Gasteiger partial charge in [0, 0.05) is 10.2 Å². The predicted molar refractivity (Wildman–Crippen MR) is 119 cm³/mol. The largest absolute Gasteiger partial charge is 0.484 e. The monoisotopic (exact) mass is 446 g/mol. The third kappa shape index (κ3) is 6.06. The Labute approximate surface area is 178 Å². The second-order valence-corrected chi connectivity index (χ2v) is 7.37. The molecule has 0 saturated heterocycles. The van der Waals surface area contributed by atoms with Gasteiger partial charge >= 0.3 is 0 Å². The van der Waals surface area contributed by atoms with Crippen molar-refractivity contribution in [1.82, 2.24) is 0 Å². The highest BCUT2D eigenvalue weighted by atomic mass is 79.9. The fourth-order valence-corrected chi connectivity index (χ4v) is 2.97. The summed E-state index contributed by atoms with van der Waals surface area (Å²) in [7, 11) is 0. The zero-order valence-corrected chi connectivity index (χ0v) is 17.4. The van der Waals surface area contributed by atoms with Gasteiger partial charge in [0.25, 0.3) is 5.91 Å². The normalized spacial score (nSPS) is 10.9. The standard InChI is InChI=1S/C24H19BrN2O2/c1-17-3-2-4-22(13-17)27-24(28)16-29-23-11-5-18(6-12-23)14-20(15-26)19-7-9-21(25)10-8-19/h2-14H,16H2,1H3,(H,27,28)/b20-14+. The van der Waals surface area contributed by atoms with Crippen LogP contribution in [0.1, 0.15) is 16.7 Å². The number of rotatable bonds is 6. The molecule has 0 spiro atoms. The highest BCUT2D eigenvalue weighted by Gasteiger charge is 2.05. The number of aryl methyl sites for hydroxylation is 1. The molecule has 1 N–H and O–H groups in total. The van der Waals surface area contributed by atoms with E-state index in [2.05, 4.69) is 27.3 Å². The summed E-state index contributed by atoms with van der Waals surface area (Å²) in [6.07, 6.45) is 1.82. The van der Waals surface area contributed by atoms with Crippen molar-refractivity contribution in [1.29, 1.82) is 5.26 Å². The van der Waals surface area contributed by atoms with Crippen LogP contribution in [-0.2, 0) is 4.79 Å². The molecule has 0 unspecified atom stereocenters. The number of amides is 1. The molecule has 29 heavy (non-hydrogen) atoms. The van der Waals surface area contributed by atoms with Crippen LogP contribution in [0.4, 0.5) is 5.69 Å². The summed E-state index contributed by atoms with van der Waals surface area (Å²) in [4.78, 5) is 12.0. The summed E-state index contributed by atoms with van der Waals surface area (Å²) < 4.78 is 6.52. The first-order chi connectivity index (χ1) is 14.0. The maximum absolute atomic E-state index is 12.0. The SMILES string of the molecule is Cc1cccc(NC(=O)COc2ccc(/C=C(\C#N)c3ccc(Br)cc3)cc2)c1. The van der Waals surface area contributed by atoms with Crippen molar-refractivity contribution >= 4 is 39.2 Å². The average molecular weight is 447 g/mol. The number of hydrogen-bond acceptors (Lipinski definition) is 3. The third-order valence-corrected chi connectivity index (χ3v) is 4.67. The van der Waals surface area contributed by atoms with Crippen LogP contribution in [-0.4, -0.2) is 12.5 Å². The number of ether oxygens (including phenoxy) is 1. The van der Waals surface area contributed by atoms with Crippen molar-refractivity contribution in [3.63, 3.8) is 0 Å². The lowest BCUT2D eigenvalue weighted by atomic mass is 10.0. The van der Waals surface area contributed by atoms with Gasteiger partial charge < -0.3 is 10.1 Å². The van der Waals surface area contributed by atoms with E-state index in [1.54, 1.807) is 12.1 Å². The lowest BCUT2D eigenvalue weighted by Crippen LogP contribution is -2.20. The van der Waals surface area contributed by atoms with Gasteiger partial charge in [-0.1, -0.05) is 52.3 Å². The first kappa shape index (κ1) is 20.4. The molecule has 0 fully saturated rings. The second-order valence-electron chi connectivity index (χ2n) is 6.45. The molecule has 0 bridgehead atoms. The molecule has 0 aliphatic carbocycles. The number of benzene rings is 3. The molecular formula is C24H19BrN2O2. The van der Waals surface area contributed by atoms with Crippen LogP contribution in [0.5, 0.6) is 5.75 Å². The minimum absolute atomic E-state index is 0.0779. The van der Waals surface area contributed by atoms with Crippen LogP contribution in [0.25, 0.3) is 11.6 Å². The topological polar surface area (TPSA) is 62.1 Å². The number of hydrogen-bond donors (Lipinski definition) is 1. The van der Waals surface area contributed by atoms with Crippen molar-refractivity contribution in [2.75, 3.05) is 11.9 Å². The van der Waals surface area contributed by atoms with Crippen LogP contribution in [0.15, 0.2) is 77.3 Å². The zero-order chi connectivity index (χ0) is 20.6. The van der Waals surface area contributed by atoms with Gasteiger partial charge in [0.05, 0.1) is 11.6 Å². The minimum Gasteiger partial charge on any atom is -0.484 e. The molecule has 1 amide bonds. The predicted octanol–water partition coefficient (Wildman–Crippen LogP) is 5.84. The van der Waals surface area contributed by atoms with E-state index in [9.17, 15) is 10.1 Å². The van der Waals surface area contributed by atoms with Crippen LogP contribution < -0.4 is 10.1 Å². The molecule has 5 heteroatoms. The summed E-state index contributed by atoms with van der Waals surface area (Å²) in [5.74, 6) is 0.366. The first-order valence-corrected chi connectivity index (χ1v) is 9.80. The molecule has 0 heterocycles. The van der Waals surface area contributed by atoms with Crippen LogP contribution in [0.2, 0.25) is 0 Å². The number of halogens is 1. The quantitative estimate of drug-likeness (QED) is 0.382. The Hall–Kier alpha value is -3.36. The van der Waals surface area contributed by atoms with Gasteiger partial charge in [-0.05, 0) is 66.1 Å². The van der Waals surface area contributed by atoms with Gasteiger partial charge in [0.15, 0.2) is 6.61 Å². The summed E-state index contributed by atoms with van der Waals surface area (Å²) >= 11 is 3.39. The Kier molecular flexibility index (Phi) is 6.83. The summed E-state index contributed by atoms with van der Waals surface area (Å²) in [5.41, 5.74) is 4.12. The molecule has 3 rings (SSSR count). The maximum atomic E-state index is 12.0. The van der Waals surface area contributed by atoms with E-state index in [4.69, 9.17) is 4.74 Å². The molecule has 3 aromatic carbocycles. The molecule has 3 aromatic rings. The Balaban J connectivity index is 1.60. The van der Waals surface area contributed by atoms with E-state index in [1.807, 2.05) is 73.7 Å². The van der Waals surface area contributed by atoms with Crippen molar-refractivity contribution in [3.05, 3.63) is 94.0 Å². The molecule has 0 aliphatic heterocycles. The number of nitrogens with zero attached hydrogens (tertiary/aromatic N) is 1. The fourth-order valence-electron chi connectivity index (χ4n) is 2.71. The number of nitriles is 1. The van der Waals surface area contributed by atoms with E-state index in [0.29, 0.717) is 11.3 Å². The summed E-state index contributed by atoms with van der Waals surface area (Å²) in [6.45, 7) is 1.89. The molecule has 0 atom stereocenters. The van der Waals surface area contributed by atoms with Crippen LogP contribution in [0, 0.1) is 18.3 Å². The van der Waals surface area contributed by atoms with E-state index < -0.39 is 0 Å². The number of anilines is 1. The van der Waals surface area contributed by atoms with Crippen LogP contribution in [0.3, 0.4) is 0 Å². The van der Waals surface area contributed by atoms with Crippen molar-refractivity contribution < 1.29 is 9.53 Å². The molecular weight excluding hydrogens is 428 g/mol. The van der Waals surface area contributed by atoms with E-state index in [0.717, 1.165) is 26.9 Å².